The van der Waals surface area contributed by atoms with E-state index in [0.717, 1.165) is 43.1 Å². The fourth-order valence-corrected chi connectivity index (χ4v) is 8.21. The maximum atomic E-state index is 14.6. The highest BCUT2D eigenvalue weighted by Gasteiger charge is 2.37. The van der Waals surface area contributed by atoms with Crippen LogP contribution in [-0.4, -0.2) is 96.5 Å². The molecule has 2 aliphatic rings. The summed E-state index contributed by atoms with van der Waals surface area (Å²) in [4.78, 5) is 35.6. The summed E-state index contributed by atoms with van der Waals surface area (Å²) in [6, 6.07) is 20.6. The van der Waals surface area contributed by atoms with Gasteiger partial charge in [-0.15, -0.1) is 0 Å². The van der Waals surface area contributed by atoms with Gasteiger partial charge in [0.25, 0.3) is 10.0 Å². The first-order valence-electron chi connectivity index (χ1n) is 16.0. The number of methoxy groups -OCH3 is 1. The fraction of sp³-hybridized carbons (Fsp3) is 0.400. The van der Waals surface area contributed by atoms with Gasteiger partial charge in [-0.05, 0) is 74.2 Å². The molecular weight excluding hydrogens is 616 g/mol. The average Bonchev–Trinajstić information content (AvgIpc) is 3.67. The zero-order valence-electron chi connectivity index (χ0n) is 26.9. The van der Waals surface area contributed by atoms with Crippen LogP contribution in [0.4, 0.5) is 0 Å². The first-order valence-corrected chi connectivity index (χ1v) is 17.4. The van der Waals surface area contributed by atoms with E-state index < -0.39 is 21.8 Å². The molecule has 0 bridgehead atoms. The number of amides is 1. The normalized spacial score (nSPS) is 18.4. The van der Waals surface area contributed by atoms with E-state index in [2.05, 4.69) is 29.7 Å². The Morgan fingerprint density at radius 1 is 0.957 bits per heavy atom. The third-order valence-corrected chi connectivity index (χ3v) is 11.1. The standard InChI is InChI=1S/C35H40N6O5S/c1-25(2)38-19-17-37(18-20-38)23-27-15-16-39(24-27)34(42)33(28-7-5-4-6-8-28)40-32-21-26(22-36)9-14-31(32)41(35(40)43)47(44,45)30-12-10-29(46-3)11-13-30/h4-14,21,25,27,33H,15-20,23-24H2,1-3H3. The molecule has 12 heteroatoms. The minimum absolute atomic E-state index is 0.0818. The number of hydrogen-bond acceptors (Lipinski definition) is 8. The number of nitriles is 1. The fourth-order valence-electron chi connectivity index (χ4n) is 6.82. The number of carbonyl (C=O) groups excluding carboxylic acids is 1. The van der Waals surface area contributed by atoms with Crippen LogP contribution in [0.5, 0.6) is 5.75 Å². The number of rotatable bonds is 9. The lowest BCUT2D eigenvalue weighted by Crippen LogP contribution is -2.50. The van der Waals surface area contributed by atoms with Crippen LogP contribution in [0, 0.1) is 17.2 Å². The number of piperazine rings is 1. The molecule has 2 atom stereocenters. The smallest absolute Gasteiger partial charge is 0.344 e. The van der Waals surface area contributed by atoms with Crippen molar-refractivity contribution < 1.29 is 17.9 Å². The summed E-state index contributed by atoms with van der Waals surface area (Å²) in [7, 11) is -2.93. The van der Waals surface area contributed by atoms with Crippen LogP contribution in [0.1, 0.15) is 37.4 Å². The monoisotopic (exact) mass is 656 g/mol. The van der Waals surface area contributed by atoms with Crippen molar-refractivity contribution >= 4 is 27.0 Å². The van der Waals surface area contributed by atoms with Crippen LogP contribution in [0.3, 0.4) is 0 Å². The number of aromatic nitrogens is 2. The first kappa shape index (κ1) is 32.5. The molecule has 0 N–H and O–H groups in total. The maximum absolute atomic E-state index is 14.6. The summed E-state index contributed by atoms with van der Waals surface area (Å²) in [5.41, 5.74) is 0.178. The Bertz CT molecular complexity index is 1960. The minimum atomic E-state index is -4.40. The van der Waals surface area contributed by atoms with E-state index in [1.165, 1.54) is 54.1 Å². The highest BCUT2D eigenvalue weighted by Crippen LogP contribution is 2.30. The van der Waals surface area contributed by atoms with Crippen LogP contribution in [0.15, 0.2) is 82.5 Å². The number of nitrogens with zero attached hydrogens (tertiary/aromatic N) is 6. The van der Waals surface area contributed by atoms with Gasteiger partial charge in [0, 0.05) is 51.9 Å². The molecule has 246 valence electrons. The van der Waals surface area contributed by atoms with Gasteiger partial charge >= 0.3 is 5.69 Å². The summed E-state index contributed by atoms with van der Waals surface area (Å²) < 4.78 is 35.3. The molecule has 0 aliphatic carbocycles. The molecule has 3 heterocycles. The molecule has 0 saturated carbocycles. The second-order valence-electron chi connectivity index (χ2n) is 12.6. The lowest BCUT2D eigenvalue weighted by Gasteiger charge is -2.37. The average molecular weight is 657 g/mol. The number of carbonyl (C=O) groups is 1. The molecule has 2 aliphatic heterocycles. The number of benzene rings is 3. The quantitative estimate of drug-likeness (QED) is 0.269. The molecular formula is C35H40N6O5S. The molecule has 2 unspecified atom stereocenters. The Morgan fingerprint density at radius 2 is 1.66 bits per heavy atom. The predicted octanol–water partition coefficient (Wildman–Crippen LogP) is 3.38. The van der Waals surface area contributed by atoms with Crippen molar-refractivity contribution in [2.45, 2.75) is 37.2 Å². The van der Waals surface area contributed by atoms with Gasteiger partial charge in [0.05, 0.1) is 34.7 Å². The molecule has 2 saturated heterocycles. The molecule has 47 heavy (non-hydrogen) atoms. The number of hydrogen-bond donors (Lipinski definition) is 0. The van der Waals surface area contributed by atoms with Gasteiger partial charge < -0.3 is 14.5 Å². The molecule has 1 amide bonds. The number of fused-ring (bicyclic) bond motifs is 1. The zero-order valence-corrected chi connectivity index (χ0v) is 27.8. The highest BCUT2D eigenvalue weighted by atomic mass is 32.2. The van der Waals surface area contributed by atoms with E-state index in [1.54, 1.807) is 29.2 Å². The van der Waals surface area contributed by atoms with Crippen LogP contribution >= 0.6 is 0 Å². The largest absolute Gasteiger partial charge is 0.497 e. The Balaban J connectivity index is 1.39. The van der Waals surface area contributed by atoms with Gasteiger partial charge in [-0.1, -0.05) is 30.3 Å². The Morgan fingerprint density at radius 3 is 2.30 bits per heavy atom. The van der Waals surface area contributed by atoms with Crippen LogP contribution < -0.4 is 10.4 Å². The molecule has 0 spiro atoms. The van der Waals surface area contributed by atoms with Crippen molar-refractivity contribution in [3.05, 3.63) is 94.4 Å². The van der Waals surface area contributed by atoms with Gasteiger partial charge in [0.15, 0.2) is 0 Å². The summed E-state index contributed by atoms with van der Waals surface area (Å²) in [5.74, 6) is 0.474. The van der Waals surface area contributed by atoms with E-state index >= 15 is 0 Å². The molecule has 2 fully saturated rings. The van der Waals surface area contributed by atoms with E-state index in [1.807, 2.05) is 6.07 Å². The lowest BCUT2D eigenvalue weighted by atomic mass is 10.0. The molecule has 3 aromatic carbocycles. The third kappa shape index (κ3) is 6.31. The van der Waals surface area contributed by atoms with Gasteiger partial charge in [-0.3, -0.25) is 14.3 Å². The summed E-state index contributed by atoms with van der Waals surface area (Å²) >= 11 is 0. The molecule has 0 radical (unpaired) electrons. The number of imidazole rings is 1. The van der Waals surface area contributed by atoms with Crippen LogP contribution in [-0.2, 0) is 14.8 Å². The summed E-state index contributed by atoms with van der Waals surface area (Å²) in [5, 5.41) is 9.74. The zero-order chi connectivity index (χ0) is 33.3. The van der Waals surface area contributed by atoms with E-state index in [4.69, 9.17) is 4.74 Å². The van der Waals surface area contributed by atoms with Gasteiger partial charge in [-0.2, -0.15) is 9.23 Å². The molecule has 11 nitrogen and oxygen atoms in total. The van der Waals surface area contributed by atoms with Crippen molar-refractivity contribution in [1.82, 2.24) is 23.2 Å². The van der Waals surface area contributed by atoms with Crippen molar-refractivity contribution in [3.8, 4) is 11.8 Å². The van der Waals surface area contributed by atoms with Crippen molar-refractivity contribution in [1.29, 1.82) is 5.26 Å². The summed E-state index contributed by atoms with van der Waals surface area (Å²) in [6.07, 6.45) is 0.846. The Labute approximate surface area is 275 Å². The van der Waals surface area contributed by atoms with Crippen molar-refractivity contribution in [3.63, 3.8) is 0 Å². The van der Waals surface area contributed by atoms with E-state index in [-0.39, 0.29) is 27.4 Å². The maximum Gasteiger partial charge on any atom is 0.344 e. The lowest BCUT2D eigenvalue weighted by molar-refractivity contribution is -0.132. The predicted molar refractivity (Wildman–Crippen MR) is 179 cm³/mol. The Kier molecular flexibility index (Phi) is 9.23. The Hall–Kier alpha value is -4.44. The van der Waals surface area contributed by atoms with E-state index in [0.29, 0.717) is 36.4 Å². The van der Waals surface area contributed by atoms with Crippen LogP contribution in [0.2, 0.25) is 0 Å². The van der Waals surface area contributed by atoms with Crippen LogP contribution in [0.25, 0.3) is 11.0 Å². The third-order valence-electron chi connectivity index (χ3n) is 9.42. The highest BCUT2D eigenvalue weighted by molar-refractivity contribution is 7.90. The van der Waals surface area contributed by atoms with Crippen molar-refractivity contribution in [2.24, 2.45) is 5.92 Å². The van der Waals surface area contributed by atoms with Crippen molar-refractivity contribution in [2.75, 3.05) is 52.9 Å². The minimum Gasteiger partial charge on any atom is -0.497 e. The summed E-state index contributed by atoms with van der Waals surface area (Å²) in [6.45, 7) is 10.5. The second-order valence-corrected chi connectivity index (χ2v) is 14.4. The van der Waals surface area contributed by atoms with Gasteiger partial charge in [0.1, 0.15) is 11.8 Å². The van der Waals surface area contributed by atoms with Gasteiger partial charge in [-0.25, -0.2) is 13.2 Å². The SMILES string of the molecule is COc1ccc(S(=O)(=O)n2c(=O)n(C(C(=O)N3CCC(CN4CCN(C(C)C)CC4)C3)c3ccccc3)c3cc(C#N)ccc32)cc1. The molecule has 6 rings (SSSR count). The topological polar surface area (TPSA) is 121 Å². The number of likely N-dealkylation sites (tertiary alicyclic amines) is 1. The number of ether oxygens (including phenoxy) is 1. The second kappa shape index (κ2) is 13.4. The molecule has 4 aromatic rings. The first-order chi connectivity index (χ1) is 22.6. The van der Waals surface area contributed by atoms with Gasteiger partial charge in [0.2, 0.25) is 5.91 Å². The molecule has 1 aromatic heterocycles. The van der Waals surface area contributed by atoms with E-state index in [9.17, 15) is 23.3 Å².